The normalized spacial score (nSPS) is 10.3. The van der Waals surface area contributed by atoms with Gasteiger partial charge in [0.05, 0.1) is 7.11 Å². The van der Waals surface area contributed by atoms with E-state index in [4.69, 9.17) is 27.0 Å². The fraction of sp³-hybridized carbons (Fsp3) is 0.0476. The molecule has 0 radical (unpaired) electrons. The number of hydrogen-bond acceptors (Lipinski definition) is 3. The van der Waals surface area contributed by atoms with Gasteiger partial charge in [-0.05, 0) is 52.6 Å². The average Bonchev–Trinajstić information content (AvgIpc) is 2.67. The molecule has 5 heteroatoms. The zero-order valence-electron chi connectivity index (χ0n) is 14.4. The maximum Gasteiger partial charge on any atom is 0.122 e. The smallest absolute Gasteiger partial charge is 0.122 e. The number of amidine groups is 2. The van der Waals surface area contributed by atoms with Crippen molar-refractivity contribution in [1.82, 2.24) is 0 Å². The Hall–Kier alpha value is -3.60. The summed E-state index contributed by atoms with van der Waals surface area (Å²) in [5, 5.41) is 15.3. The van der Waals surface area contributed by atoms with E-state index in [2.05, 4.69) is 0 Å². The first-order valence-electron chi connectivity index (χ1n) is 8.06. The Labute approximate surface area is 152 Å². The van der Waals surface area contributed by atoms with E-state index >= 15 is 0 Å². The topological polar surface area (TPSA) is 109 Å². The van der Waals surface area contributed by atoms with Crippen LogP contribution in [0.2, 0.25) is 0 Å². The third-order valence-electron chi connectivity index (χ3n) is 4.16. The van der Waals surface area contributed by atoms with Gasteiger partial charge in [-0.25, -0.2) is 0 Å². The minimum Gasteiger partial charge on any atom is -0.497 e. The molecule has 0 aliphatic heterocycles. The lowest BCUT2D eigenvalue weighted by Gasteiger charge is -2.11. The Morgan fingerprint density at radius 2 is 1.15 bits per heavy atom. The van der Waals surface area contributed by atoms with Crippen LogP contribution < -0.4 is 16.2 Å². The van der Waals surface area contributed by atoms with Crippen LogP contribution in [0.5, 0.6) is 5.75 Å². The van der Waals surface area contributed by atoms with Crippen molar-refractivity contribution in [3.63, 3.8) is 0 Å². The van der Waals surface area contributed by atoms with E-state index in [1.54, 1.807) is 7.11 Å². The van der Waals surface area contributed by atoms with E-state index < -0.39 is 0 Å². The van der Waals surface area contributed by atoms with Crippen LogP contribution in [-0.4, -0.2) is 18.8 Å². The summed E-state index contributed by atoms with van der Waals surface area (Å²) >= 11 is 0. The Bertz CT molecular complexity index is 919. The van der Waals surface area contributed by atoms with E-state index in [0.29, 0.717) is 11.1 Å². The number of ether oxygens (including phenoxy) is 1. The molecule has 0 unspecified atom stereocenters. The van der Waals surface area contributed by atoms with Gasteiger partial charge >= 0.3 is 0 Å². The number of nitrogens with two attached hydrogens (primary N) is 2. The van der Waals surface area contributed by atoms with Gasteiger partial charge in [0.25, 0.3) is 0 Å². The maximum absolute atomic E-state index is 7.63. The van der Waals surface area contributed by atoms with Crippen molar-refractivity contribution in [2.75, 3.05) is 7.11 Å². The lowest BCUT2D eigenvalue weighted by Crippen LogP contribution is -2.10. The summed E-state index contributed by atoms with van der Waals surface area (Å²) in [6, 6.07) is 21.0. The summed E-state index contributed by atoms with van der Waals surface area (Å²) < 4.78 is 5.46. The van der Waals surface area contributed by atoms with Gasteiger partial charge in [-0.1, -0.05) is 36.4 Å². The molecule has 0 atom stereocenters. The Morgan fingerprint density at radius 3 is 1.54 bits per heavy atom. The molecule has 0 spiro atoms. The SMILES string of the molecule is COc1cc(-c2cccc(C(=N)N)c2)cc(-c2cccc(C(=N)N)c2)c1. The molecule has 3 rings (SSSR count). The van der Waals surface area contributed by atoms with Crippen molar-refractivity contribution in [3.8, 4) is 28.0 Å². The number of methoxy groups -OCH3 is 1. The minimum absolute atomic E-state index is 0.0316. The van der Waals surface area contributed by atoms with Gasteiger partial charge in [-0.2, -0.15) is 0 Å². The number of rotatable bonds is 5. The predicted molar refractivity (Wildman–Crippen MR) is 106 cm³/mol. The van der Waals surface area contributed by atoms with Crippen LogP contribution in [0.1, 0.15) is 11.1 Å². The summed E-state index contributed by atoms with van der Waals surface area (Å²) in [7, 11) is 1.63. The predicted octanol–water partition coefficient (Wildman–Crippen LogP) is 3.60. The fourth-order valence-corrected chi connectivity index (χ4v) is 2.78. The zero-order valence-corrected chi connectivity index (χ0v) is 14.4. The highest BCUT2D eigenvalue weighted by Crippen LogP contribution is 2.32. The summed E-state index contributed by atoms with van der Waals surface area (Å²) in [4.78, 5) is 0. The first-order chi connectivity index (χ1) is 12.5. The van der Waals surface area contributed by atoms with Crippen LogP contribution >= 0.6 is 0 Å². The van der Waals surface area contributed by atoms with Crippen LogP contribution in [-0.2, 0) is 0 Å². The molecule has 0 aromatic heterocycles. The highest BCUT2D eigenvalue weighted by Gasteiger charge is 2.08. The summed E-state index contributed by atoms with van der Waals surface area (Å²) in [5.41, 5.74) is 16.4. The van der Waals surface area contributed by atoms with Crippen molar-refractivity contribution in [2.45, 2.75) is 0 Å². The molecule has 0 amide bonds. The van der Waals surface area contributed by atoms with Gasteiger partial charge in [0.2, 0.25) is 0 Å². The molecule has 6 N–H and O–H groups in total. The first-order valence-corrected chi connectivity index (χ1v) is 8.06. The van der Waals surface area contributed by atoms with E-state index in [9.17, 15) is 0 Å². The number of nitrogens with one attached hydrogen (secondary N) is 2. The lowest BCUT2D eigenvalue weighted by atomic mass is 9.96. The van der Waals surface area contributed by atoms with Gasteiger partial charge in [-0.3, -0.25) is 10.8 Å². The van der Waals surface area contributed by atoms with E-state index in [0.717, 1.165) is 28.0 Å². The molecule has 0 heterocycles. The van der Waals surface area contributed by atoms with Gasteiger partial charge in [0.1, 0.15) is 17.4 Å². The summed E-state index contributed by atoms with van der Waals surface area (Å²) in [5.74, 6) is 0.784. The second-order valence-electron chi connectivity index (χ2n) is 5.94. The van der Waals surface area contributed by atoms with E-state index in [1.165, 1.54) is 0 Å². The standard InChI is InChI=1S/C21H20N4O/c1-26-19-11-17(13-4-2-6-15(8-13)20(22)23)10-18(12-19)14-5-3-7-16(9-14)21(24)25/h2-12H,1H3,(H3,22,23)(H3,24,25). The molecule has 0 bridgehead atoms. The Morgan fingerprint density at radius 1 is 0.692 bits per heavy atom. The van der Waals surface area contributed by atoms with Gasteiger partial charge in [0.15, 0.2) is 0 Å². The van der Waals surface area contributed by atoms with Crippen LogP contribution in [0.3, 0.4) is 0 Å². The average molecular weight is 344 g/mol. The Balaban J connectivity index is 2.13. The molecular formula is C21H20N4O. The Kier molecular flexibility index (Phi) is 4.71. The van der Waals surface area contributed by atoms with Crippen LogP contribution in [0.25, 0.3) is 22.3 Å². The molecule has 3 aromatic rings. The fourth-order valence-electron chi connectivity index (χ4n) is 2.78. The molecule has 0 fully saturated rings. The number of nitrogen functional groups attached to an aromatic ring is 2. The van der Waals surface area contributed by atoms with Crippen molar-refractivity contribution < 1.29 is 4.74 Å². The van der Waals surface area contributed by atoms with Gasteiger partial charge in [0, 0.05) is 11.1 Å². The zero-order chi connectivity index (χ0) is 18.7. The van der Waals surface area contributed by atoms with Crippen LogP contribution in [0, 0.1) is 10.8 Å². The highest BCUT2D eigenvalue weighted by atomic mass is 16.5. The minimum atomic E-state index is 0.0316. The maximum atomic E-state index is 7.63. The third-order valence-corrected chi connectivity index (χ3v) is 4.16. The van der Waals surface area contributed by atoms with Crippen molar-refractivity contribution in [2.24, 2.45) is 11.5 Å². The largest absolute Gasteiger partial charge is 0.497 e. The molecule has 130 valence electrons. The lowest BCUT2D eigenvalue weighted by molar-refractivity contribution is 0.415. The molecule has 0 saturated carbocycles. The second kappa shape index (κ2) is 7.11. The van der Waals surface area contributed by atoms with Crippen molar-refractivity contribution in [3.05, 3.63) is 77.9 Å². The molecule has 3 aromatic carbocycles. The molecule has 26 heavy (non-hydrogen) atoms. The molecule has 0 aliphatic carbocycles. The molecule has 5 nitrogen and oxygen atoms in total. The van der Waals surface area contributed by atoms with Gasteiger partial charge < -0.3 is 16.2 Å². The van der Waals surface area contributed by atoms with Crippen molar-refractivity contribution >= 4 is 11.7 Å². The van der Waals surface area contributed by atoms with E-state index in [1.807, 2.05) is 66.7 Å². The highest BCUT2D eigenvalue weighted by molar-refractivity contribution is 5.97. The molecular weight excluding hydrogens is 324 g/mol. The second-order valence-corrected chi connectivity index (χ2v) is 5.94. The number of benzene rings is 3. The van der Waals surface area contributed by atoms with E-state index in [-0.39, 0.29) is 11.7 Å². The van der Waals surface area contributed by atoms with Crippen LogP contribution in [0.15, 0.2) is 66.7 Å². The molecule has 0 aliphatic rings. The third kappa shape index (κ3) is 3.57. The summed E-state index contributed by atoms with van der Waals surface area (Å²) in [6.45, 7) is 0. The number of hydrogen-bond donors (Lipinski definition) is 4. The summed E-state index contributed by atoms with van der Waals surface area (Å²) in [6.07, 6.45) is 0. The molecule has 0 saturated heterocycles. The first kappa shape index (κ1) is 17.2. The quantitative estimate of drug-likeness (QED) is 0.419. The van der Waals surface area contributed by atoms with Crippen LogP contribution in [0.4, 0.5) is 0 Å². The van der Waals surface area contributed by atoms with Gasteiger partial charge in [-0.15, -0.1) is 0 Å². The monoisotopic (exact) mass is 344 g/mol. The van der Waals surface area contributed by atoms with Crippen molar-refractivity contribution in [1.29, 1.82) is 10.8 Å².